The predicted octanol–water partition coefficient (Wildman–Crippen LogP) is 4.99. The summed E-state index contributed by atoms with van der Waals surface area (Å²) in [6.45, 7) is 12.3. The van der Waals surface area contributed by atoms with Gasteiger partial charge in [-0.05, 0) is 78.2 Å². The number of hydrogen-bond donors (Lipinski definition) is 1. The highest BCUT2D eigenvalue weighted by Gasteiger charge is 2.62. The van der Waals surface area contributed by atoms with E-state index in [1.54, 1.807) is 11.1 Å². The number of nitrogens with two attached hydrogens (primary N) is 1. The van der Waals surface area contributed by atoms with Gasteiger partial charge in [0.15, 0.2) is 0 Å². The molecule has 2 saturated carbocycles. The van der Waals surface area contributed by atoms with Crippen LogP contribution in [0.3, 0.4) is 0 Å². The van der Waals surface area contributed by atoms with Crippen molar-refractivity contribution in [3.8, 4) is 0 Å². The molecule has 0 saturated heterocycles. The molecule has 3 aliphatic carbocycles. The van der Waals surface area contributed by atoms with Crippen molar-refractivity contribution >= 4 is 0 Å². The SMILES string of the molecule is Cc1ccc2c(c1)CC1C2(C)CCC2C(C)(C)C(N)CCC12C. The molecule has 23 heavy (non-hydrogen) atoms. The lowest BCUT2D eigenvalue weighted by Gasteiger charge is -2.62. The minimum Gasteiger partial charge on any atom is -0.327 e. The van der Waals surface area contributed by atoms with Gasteiger partial charge in [-0.2, -0.15) is 0 Å². The van der Waals surface area contributed by atoms with E-state index in [0.29, 0.717) is 16.9 Å². The Labute approximate surface area is 142 Å². The highest BCUT2D eigenvalue weighted by Crippen LogP contribution is 2.67. The van der Waals surface area contributed by atoms with E-state index in [2.05, 4.69) is 52.8 Å². The summed E-state index contributed by atoms with van der Waals surface area (Å²) in [7, 11) is 0. The van der Waals surface area contributed by atoms with E-state index >= 15 is 0 Å². The molecule has 5 unspecified atom stereocenters. The maximum atomic E-state index is 6.55. The molecule has 0 aromatic heterocycles. The largest absolute Gasteiger partial charge is 0.327 e. The monoisotopic (exact) mass is 311 g/mol. The lowest BCUT2D eigenvalue weighted by molar-refractivity contribution is -0.107. The first-order chi connectivity index (χ1) is 10.7. The Morgan fingerprint density at radius 2 is 1.74 bits per heavy atom. The second kappa shape index (κ2) is 4.63. The van der Waals surface area contributed by atoms with Crippen LogP contribution >= 0.6 is 0 Å². The van der Waals surface area contributed by atoms with Crippen molar-refractivity contribution in [1.29, 1.82) is 0 Å². The summed E-state index contributed by atoms with van der Waals surface area (Å²) >= 11 is 0. The maximum Gasteiger partial charge on any atom is 0.00933 e. The lowest BCUT2D eigenvalue weighted by Crippen LogP contribution is -2.60. The molecular formula is C22H33N. The summed E-state index contributed by atoms with van der Waals surface area (Å²) in [4.78, 5) is 0. The van der Waals surface area contributed by atoms with Gasteiger partial charge in [0, 0.05) is 6.04 Å². The Morgan fingerprint density at radius 3 is 2.48 bits per heavy atom. The third-order valence-corrected chi connectivity index (χ3v) is 8.46. The summed E-state index contributed by atoms with van der Waals surface area (Å²) < 4.78 is 0. The Balaban J connectivity index is 1.80. The number of rotatable bonds is 0. The Morgan fingerprint density at radius 1 is 1.00 bits per heavy atom. The zero-order valence-corrected chi connectivity index (χ0v) is 15.6. The summed E-state index contributed by atoms with van der Waals surface area (Å²) in [5.41, 5.74) is 12.4. The zero-order chi connectivity index (χ0) is 16.6. The van der Waals surface area contributed by atoms with Crippen molar-refractivity contribution in [2.24, 2.45) is 28.4 Å². The average Bonchev–Trinajstić information content (AvgIpc) is 2.77. The topological polar surface area (TPSA) is 26.0 Å². The normalized spacial score (nSPS) is 44.3. The molecule has 5 atom stereocenters. The fourth-order valence-corrected chi connectivity index (χ4v) is 7.04. The molecule has 0 bridgehead atoms. The summed E-state index contributed by atoms with van der Waals surface area (Å²) in [6.07, 6.45) is 6.48. The predicted molar refractivity (Wildman–Crippen MR) is 97.5 cm³/mol. The third kappa shape index (κ3) is 1.89. The van der Waals surface area contributed by atoms with E-state index in [-0.39, 0.29) is 5.41 Å². The van der Waals surface area contributed by atoms with Crippen LogP contribution in [0.5, 0.6) is 0 Å². The van der Waals surface area contributed by atoms with Crippen LogP contribution in [-0.4, -0.2) is 6.04 Å². The van der Waals surface area contributed by atoms with Crippen molar-refractivity contribution in [2.75, 3.05) is 0 Å². The lowest BCUT2D eigenvalue weighted by atomic mass is 9.43. The molecule has 1 aromatic rings. The van der Waals surface area contributed by atoms with Crippen LogP contribution in [0, 0.1) is 29.6 Å². The van der Waals surface area contributed by atoms with Crippen LogP contribution < -0.4 is 5.73 Å². The second-order valence-corrected chi connectivity index (χ2v) is 9.90. The first-order valence-electron chi connectivity index (χ1n) is 9.55. The van der Waals surface area contributed by atoms with E-state index in [1.165, 1.54) is 37.7 Å². The molecule has 2 fully saturated rings. The van der Waals surface area contributed by atoms with Crippen LogP contribution in [0.2, 0.25) is 0 Å². The van der Waals surface area contributed by atoms with Crippen LogP contribution in [0.15, 0.2) is 18.2 Å². The minimum absolute atomic E-state index is 0.277. The van der Waals surface area contributed by atoms with Gasteiger partial charge in [0.1, 0.15) is 0 Å². The second-order valence-electron chi connectivity index (χ2n) is 9.90. The molecule has 0 spiro atoms. The number of hydrogen-bond acceptors (Lipinski definition) is 1. The van der Waals surface area contributed by atoms with Gasteiger partial charge in [-0.25, -0.2) is 0 Å². The molecule has 126 valence electrons. The molecule has 0 amide bonds. The van der Waals surface area contributed by atoms with Gasteiger partial charge in [-0.15, -0.1) is 0 Å². The molecule has 0 aliphatic heterocycles. The van der Waals surface area contributed by atoms with Crippen LogP contribution in [0.25, 0.3) is 0 Å². The fourth-order valence-electron chi connectivity index (χ4n) is 7.04. The van der Waals surface area contributed by atoms with Gasteiger partial charge in [-0.3, -0.25) is 0 Å². The summed E-state index contributed by atoms with van der Waals surface area (Å²) in [5.74, 6) is 1.56. The highest BCUT2D eigenvalue weighted by molar-refractivity contribution is 5.44. The number of aryl methyl sites for hydroxylation is 1. The van der Waals surface area contributed by atoms with E-state index in [4.69, 9.17) is 5.73 Å². The van der Waals surface area contributed by atoms with Gasteiger partial charge in [0.2, 0.25) is 0 Å². The van der Waals surface area contributed by atoms with Crippen molar-refractivity contribution < 1.29 is 0 Å². The zero-order valence-electron chi connectivity index (χ0n) is 15.6. The number of benzene rings is 1. The third-order valence-electron chi connectivity index (χ3n) is 8.46. The van der Waals surface area contributed by atoms with Crippen LogP contribution in [-0.2, 0) is 11.8 Å². The first kappa shape index (κ1) is 15.7. The van der Waals surface area contributed by atoms with E-state index in [0.717, 1.165) is 11.8 Å². The van der Waals surface area contributed by atoms with Crippen molar-refractivity contribution in [1.82, 2.24) is 0 Å². The summed E-state index contributed by atoms with van der Waals surface area (Å²) in [6, 6.07) is 7.59. The van der Waals surface area contributed by atoms with Gasteiger partial charge >= 0.3 is 0 Å². The van der Waals surface area contributed by atoms with Gasteiger partial charge in [-0.1, -0.05) is 51.5 Å². The fraction of sp³-hybridized carbons (Fsp3) is 0.727. The molecule has 3 aliphatic rings. The van der Waals surface area contributed by atoms with E-state index in [9.17, 15) is 0 Å². The standard InChI is InChI=1S/C22H33N/c1-14-6-7-16-15(12-14)13-18-21(16,4)10-8-17-20(2,3)19(23)9-11-22(17,18)5/h6-7,12,17-19H,8-11,13,23H2,1-5H3. The van der Waals surface area contributed by atoms with Gasteiger partial charge < -0.3 is 5.73 Å². The van der Waals surface area contributed by atoms with Gasteiger partial charge in [0.25, 0.3) is 0 Å². The molecule has 1 heteroatoms. The molecule has 2 N–H and O–H groups in total. The van der Waals surface area contributed by atoms with Crippen LogP contribution in [0.4, 0.5) is 0 Å². The molecule has 1 nitrogen and oxygen atoms in total. The minimum atomic E-state index is 0.277. The molecule has 0 radical (unpaired) electrons. The Bertz CT molecular complexity index is 645. The number of fused-ring (bicyclic) bond motifs is 5. The van der Waals surface area contributed by atoms with Crippen molar-refractivity contribution in [3.05, 3.63) is 34.9 Å². The Kier molecular flexibility index (Phi) is 3.16. The van der Waals surface area contributed by atoms with Crippen molar-refractivity contribution in [2.45, 2.75) is 78.2 Å². The molecule has 1 aromatic carbocycles. The van der Waals surface area contributed by atoms with Crippen LogP contribution in [0.1, 0.15) is 70.1 Å². The van der Waals surface area contributed by atoms with E-state index in [1.807, 2.05) is 0 Å². The molecule has 4 rings (SSSR count). The summed E-state index contributed by atoms with van der Waals surface area (Å²) in [5, 5.41) is 0. The van der Waals surface area contributed by atoms with Gasteiger partial charge in [0.05, 0.1) is 0 Å². The molecule has 0 heterocycles. The first-order valence-corrected chi connectivity index (χ1v) is 9.55. The van der Waals surface area contributed by atoms with Crippen molar-refractivity contribution in [3.63, 3.8) is 0 Å². The molecular weight excluding hydrogens is 278 g/mol. The highest BCUT2D eigenvalue weighted by atomic mass is 14.8. The maximum absolute atomic E-state index is 6.55. The average molecular weight is 312 g/mol. The Hall–Kier alpha value is -0.820. The van der Waals surface area contributed by atoms with E-state index < -0.39 is 0 Å². The smallest absolute Gasteiger partial charge is 0.00933 e. The quantitative estimate of drug-likeness (QED) is 0.718.